The van der Waals surface area contributed by atoms with E-state index in [0.717, 1.165) is 5.56 Å². The van der Waals surface area contributed by atoms with Crippen molar-refractivity contribution in [3.05, 3.63) is 41.8 Å². The second-order valence-electron chi connectivity index (χ2n) is 4.55. The topological polar surface area (TPSA) is 74.2 Å². The zero-order valence-electron chi connectivity index (χ0n) is 10.9. The number of hydrogen-bond donors (Lipinski definition) is 2. The Balaban J connectivity index is 2.41. The number of anilines is 2. The van der Waals surface area contributed by atoms with Gasteiger partial charge in [0, 0.05) is 23.5 Å². The minimum atomic E-state index is -0.509. The van der Waals surface area contributed by atoms with E-state index in [1.54, 1.807) is 12.1 Å². The average molecular weight is 261 g/mol. The molecule has 0 fully saturated rings. The fraction of sp³-hybridized carbons (Fsp3) is 0.214. The maximum absolute atomic E-state index is 13.7. The Kier molecular flexibility index (Phi) is 3.55. The number of nitrogens with zero attached hydrogens (tertiary/aromatic N) is 1. The van der Waals surface area contributed by atoms with Crippen LogP contribution in [-0.2, 0) is 0 Å². The van der Waals surface area contributed by atoms with Crippen LogP contribution in [0.1, 0.15) is 25.3 Å². The first kappa shape index (κ1) is 13.1. The van der Waals surface area contributed by atoms with Crippen LogP contribution >= 0.6 is 0 Å². The molecule has 0 saturated heterocycles. The smallest absolute Gasteiger partial charge is 0.167 e. The third-order valence-corrected chi connectivity index (χ3v) is 2.73. The Hall–Kier alpha value is -2.30. The summed E-state index contributed by atoms with van der Waals surface area (Å²) >= 11 is 0. The van der Waals surface area contributed by atoms with Crippen LogP contribution in [0.5, 0.6) is 11.5 Å². The van der Waals surface area contributed by atoms with Crippen LogP contribution in [0.25, 0.3) is 0 Å². The first-order chi connectivity index (χ1) is 8.99. The highest BCUT2D eigenvalue weighted by molar-refractivity contribution is 5.52. The molecule has 0 aliphatic rings. The summed E-state index contributed by atoms with van der Waals surface area (Å²) in [6.45, 7) is 3.94. The Morgan fingerprint density at radius 3 is 2.53 bits per heavy atom. The lowest BCUT2D eigenvalue weighted by molar-refractivity contribution is 0.435. The van der Waals surface area contributed by atoms with Crippen molar-refractivity contribution in [2.75, 3.05) is 11.5 Å². The van der Waals surface area contributed by atoms with Gasteiger partial charge in [-0.1, -0.05) is 13.8 Å². The SMILES string of the molecule is CC(C)c1c(Oc2ccc(N)cc2F)ccnc1N. The van der Waals surface area contributed by atoms with Crippen LogP contribution in [0.2, 0.25) is 0 Å². The molecule has 0 saturated carbocycles. The van der Waals surface area contributed by atoms with E-state index in [0.29, 0.717) is 17.3 Å². The second-order valence-corrected chi connectivity index (χ2v) is 4.55. The Bertz CT molecular complexity index is 599. The average Bonchev–Trinajstić information content (AvgIpc) is 2.32. The summed E-state index contributed by atoms with van der Waals surface area (Å²) in [6, 6.07) is 5.96. The molecule has 0 aliphatic carbocycles. The summed E-state index contributed by atoms with van der Waals surface area (Å²) in [5.74, 6) is 0.627. The predicted molar refractivity (Wildman–Crippen MR) is 73.6 cm³/mol. The van der Waals surface area contributed by atoms with E-state index in [1.165, 1.54) is 18.3 Å². The molecule has 2 rings (SSSR count). The lowest BCUT2D eigenvalue weighted by atomic mass is 10.0. The zero-order valence-corrected chi connectivity index (χ0v) is 10.9. The molecule has 5 heteroatoms. The van der Waals surface area contributed by atoms with E-state index in [9.17, 15) is 4.39 Å². The Morgan fingerprint density at radius 2 is 1.89 bits per heavy atom. The number of aromatic nitrogens is 1. The monoisotopic (exact) mass is 261 g/mol. The molecular formula is C14H16FN3O. The van der Waals surface area contributed by atoms with Gasteiger partial charge in [-0.3, -0.25) is 0 Å². The lowest BCUT2D eigenvalue weighted by Crippen LogP contribution is -2.02. The highest BCUT2D eigenvalue weighted by Gasteiger charge is 2.14. The van der Waals surface area contributed by atoms with Crippen molar-refractivity contribution in [3.63, 3.8) is 0 Å². The summed E-state index contributed by atoms with van der Waals surface area (Å²) in [4.78, 5) is 4.02. The van der Waals surface area contributed by atoms with E-state index in [1.807, 2.05) is 13.8 Å². The van der Waals surface area contributed by atoms with E-state index in [4.69, 9.17) is 16.2 Å². The van der Waals surface area contributed by atoms with Gasteiger partial charge in [-0.15, -0.1) is 0 Å². The van der Waals surface area contributed by atoms with Crippen molar-refractivity contribution >= 4 is 11.5 Å². The van der Waals surface area contributed by atoms with E-state index < -0.39 is 5.82 Å². The molecule has 0 bridgehead atoms. The molecule has 0 aliphatic heterocycles. The van der Waals surface area contributed by atoms with Gasteiger partial charge >= 0.3 is 0 Å². The molecule has 1 aromatic heterocycles. The van der Waals surface area contributed by atoms with E-state index >= 15 is 0 Å². The van der Waals surface area contributed by atoms with Gasteiger partial charge in [0.05, 0.1) is 0 Å². The van der Waals surface area contributed by atoms with Crippen molar-refractivity contribution in [1.29, 1.82) is 0 Å². The molecule has 19 heavy (non-hydrogen) atoms. The number of ether oxygens (including phenoxy) is 1. The van der Waals surface area contributed by atoms with Gasteiger partial charge in [0.2, 0.25) is 0 Å². The quantitative estimate of drug-likeness (QED) is 0.831. The molecular weight excluding hydrogens is 245 g/mol. The standard InChI is InChI=1S/C14H16FN3O/c1-8(2)13-12(5-6-18-14(13)17)19-11-4-3-9(16)7-10(11)15/h3-8H,16H2,1-2H3,(H2,17,18). The molecule has 4 nitrogen and oxygen atoms in total. The number of pyridine rings is 1. The van der Waals surface area contributed by atoms with E-state index in [-0.39, 0.29) is 11.7 Å². The van der Waals surface area contributed by atoms with Crippen molar-refractivity contribution in [1.82, 2.24) is 4.98 Å². The van der Waals surface area contributed by atoms with Gasteiger partial charge in [-0.25, -0.2) is 9.37 Å². The van der Waals surface area contributed by atoms with Gasteiger partial charge in [0.1, 0.15) is 11.6 Å². The van der Waals surface area contributed by atoms with Crippen molar-refractivity contribution < 1.29 is 9.13 Å². The first-order valence-corrected chi connectivity index (χ1v) is 5.96. The summed E-state index contributed by atoms with van der Waals surface area (Å²) < 4.78 is 19.3. The summed E-state index contributed by atoms with van der Waals surface area (Å²) in [6.07, 6.45) is 1.53. The van der Waals surface area contributed by atoms with Gasteiger partial charge in [-0.05, 0) is 24.1 Å². The Morgan fingerprint density at radius 1 is 1.16 bits per heavy atom. The molecule has 0 amide bonds. The van der Waals surface area contributed by atoms with Gasteiger partial charge in [-0.2, -0.15) is 0 Å². The third-order valence-electron chi connectivity index (χ3n) is 2.73. The second kappa shape index (κ2) is 5.14. The number of halogens is 1. The fourth-order valence-electron chi connectivity index (χ4n) is 1.86. The molecule has 0 atom stereocenters. The van der Waals surface area contributed by atoms with Gasteiger partial charge in [0.25, 0.3) is 0 Å². The van der Waals surface area contributed by atoms with Crippen LogP contribution < -0.4 is 16.2 Å². The molecule has 0 unspecified atom stereocenters. The maximum atomic E-state index is 13.7. The maximum Gasteiger partial charge on any atom is 0.167 e. The lowest BCUT2D eigenvalue weighted by Gasteiger charge is -2.15. The van der Waals surface area contributed by atoms with Crippen LogP contribution in [0.3, 0.4) is 0 Å². The highest BCUT2D eigenvalue weighted by atomic mass is 19.1. The molecule has 0 radical (unpaired) electrons. The number of benzene rings is 1. The largest absolute Gasteiger partial charge is 0.454 e. The molecule has 2 aromatic rings. The van der Waals surface area contributed by atoms with Crippen molar-refractivity contribution in [2.24, 2.45) is 0 Å². The van der Waals surface area contributed by atoms with Crippen LogP contribution in [0, 0.1) is 5.82 Å². The number of nitrogen functional groups attached to an aromatic ring is 2. The number of hydrogen-bond acceptors (Lipinski definition) is 4. The zero-order chi connectivity index (χ0) is 14.0. The number of nitrogens with two attached hydrogens (primary N) is 2. The highest BCUT2D eigenvalue weighted by Crippen LogP contribution is 2.34. The van der Waals surface area contributed by atoms with Crippen LogP contribution in [0.4, 0.5) is 15.9 Å². The van der Waals surface area contributed by atoms with Crippen molar-refractivity contribution in [2.45, 2.75) is 19.8 Å². The molecule has 1 aromatic carbocycles. The van der Waals surface area contributed by atoms with Crippen LogP contribution in [0.15, 0.2) is 30.5 Å². The van der Waals surface area contributed by atoms with Crippen LogP contribution in [-0.4, -0.2) is 4.98 Å². The molecule has 4 N–H and O–H groups in total. The third kappa shape index (κ3) is 2.76. The van der Waals surface area contributed by atoms with E-state index in [2.05, 4.69) is 4.98 Å². The molecule has 1 heterocycles. The first-order valence-electron chi connectivity index (χ1n) is 5.96. The predicted octanol–water partition coefficient (Wildman–Crippen LogP) is 3.30. The minimum Gasteiger partial charge on any atom is -0.454 e. The summed E-state index contributed by atoms with van der Waals surface area (Å²) in [7, 11) is 0. The Labute approximate surface area is 111 Å². The molecule has 100 valence electrons. The normalized spacial score (nSPS) is 10.7. The summed E-state index contributed by atoms with van der Waals surface area (Å²) in [5.41, 5.74) is 12.4. The fourth-order valence-corrected chi connectivity index (χ4v) is 1.86. The molecule has 0 spiro atoms. The minimum absolute atomic E-state index is 0.113. The summed E-state index contributed by atoms with van der Waals surface area (Å²) in [5, 5.41) is 0. The van der Waals surface area contributed by atoms with Crippen molar-refractivity contribution in [3.8, 4) is 11.5 Å². The van der Waals surface area contributed by atoms with Gasteiger partial charge < -0.3 is 16.2 Å². The van der Waals surface area contributed by atoms with Gasteiger partial charge in [0.15, 0.2) is 11.6 Å². The number of rotatable bonds is 3.